The van der Waals surface area contributed by atoms with Gasteiger partial charge in [-0.05, 0) is 49.4 Å². The molecular weight excluding hydrogens is 424 g/mol. The topological polar surface area (TPSA) is 52.6 Å². The first-order valence-electron chi connectivity index (χ1n) is 14.7. The number of hydrogen-bond donors (Lipinski definition) is 0. The average Bonchev–Trinajstić information content (AvgIpc) is 2.80. The molecule has 2 unspecified atom stereocenters. The van der Waals surface area contributed by atoms with Crippen molar-refractivity contribution in [3.63, 3.8) is 0 Å². The van der Waals surface area contributed by atoms with E-state index in [9.17, 15) is 9.59 Å². The molecule has 4 nitrogen and oxygen atoms in total. The predicted octanol–water partition coefficient (Wildman–Crippen LogP) is 8.65. The molecule has 0 aromatic rings. The minimum Gasteiger partial charge on any atom is -0.465 e. The van der Waals surface area contributed by atoms with Gasteiger partial charge in [-0.3, -0.25) is 9.59 Å². The Bertz CT molecular complexity index is 468. The van der Waals surface area contributed by atoms with Gasteiger partial charge in [0.25, 0.3) is 0 Å². The lowest BCUT2D eigenvalue weighted by atomic mass is 9.80. The number of esters is 2. The summed E-state index contributed by atoms with van der Waals surface area (Å²) in [6, 6.07) is 0. The molecule has 34 heavy (non-hydrogen) atoms. The minimum absolute atomic E-state index is 0.0584. The molecule has 0 heterocycles. The maximum Gasteiger partial charge on any atom is 0.305 e. The molecule has 0 bridgehead atoms. The Balaban J connectivity index is 2.11. The first kappa shape index (κ1) is 31.0. The largest absolute Gasteiger partial charge is 0.465 e. The van der Waals surface area contributed by atoms with Gasteiger partial charge in [-0.1, -0.05) is 105 Å². The van der Waals surface area contributed by atoms with Gasteiger partial charge in [-0.25, -0.2) is 0 Å². The lowest BCUT2D eigenvalue weighted by molar-refractivity contribution is -0.150. The van der Waals surface area contributed by atoms with Gasteiger partial charge in [0.1, 0.15) is 0 Å². The molecule has 1 aliphatic carbocycles. The van der Waals surface area contributed by atoms with Crippen LogP contribution in [-0.2, 0) is 19.1 Å². The highest BCUT2D eigenvalue weighted by Crippen LogP contribution is 2.31. The first-order valence-corrected chi connectivity index (χ1v) is 14.7. The molecule has 1 aliphatic rings. The van der Waals surface area contributed by atoms with Crippen LogP contribution in [0.2, 0.25) is 0 Å². The van der Waals surface area contributed by atoms with Gasteiger partial charge in [0.05, 0.1) is 13.2 Å². The SMILES string of the molecule is CC(C)CCCCCCCC(=O)OCC1CCCCC1COC(=O)CCCCCCCC(C)C. The van der Waals surface area contributed by atoms with Gasteiger partial charge >= 0.3 is 11.9 Å². The molecule has 1 fully saturated rings. The summed E-state index contributed by atoms with van der Waals surface area (Å²) in [5.41, 5.74) is 0. The molecular formula is C30H56O4. The van der Waals surface area contributed by atoms with Crippen LogP contribution >= 0.6 is 0 Å². The van der Waals surface area contributed by atoms with Gasteiger partial charge in [-0.2, -0.15) is 0 Å². The maximum absolute atomic E-state index is 12.2. The van der Waals surface area contributed by atoms with Crippen molar-refractivity contribution in [1.29, 1.82) is 0 Å². The Morgan fingerprint density at radius 1 is 0.588 bits per heavy atom. The molecule has 0 N–H and O–H groups in total. The fourth-order valence-corrected chi connectivity index (χ4v) is 4.97. The Morgan fingerprint density at radius 2 is 0.941 bits per heavy atom. The quantitative estimate of drug-likeness (QED) is 0.129. The molecule has 1 rings (SSSR count). The van der Waals surface area contributed by atoms with Crippen LogP contribution in [0.5, 0.6) is 0 Å². The van der Waals surface area contributed by atoms with E-state index >= 15 is 0 Å². The summed E-state index contributed by atoms with van der Waals surface area (Å²) >= 11 is 0. The zero-order chi connectivity index (χ0) is 25.0. The Kier molecular flexibility index (Phi) is 18.4. The Hall–Kier alpha value is -1.06. The summed E-state index contributed by atoms with van der Waals surface area (Å²) in [6.07, 6.45) is 19.9. The number of hydrogen-bond acceptors (Lipinski definition) is 4. The van der Waals surface area contributed by atoms with E-state index in [1.54, 1.807) is 0 Å². The van der Waals surface area contributed by atoms with Crippen molar-refractivity contribution in [2.75, 3.05) is 13.2 Å². The van der Waals surface area contributed by atoms with Crippen LogP contribution in [0.15, 0.2) is 0 Å². The van der Waals surface area contributed by atoms with E-state index in [0.717, 1.165) is 50.4 Å². The smallest absolute Gasteiger partial charge is 0.305 e. The molecule has 0 aromatic heterocycles. The van der Waals surface area contributed by atoms with E-state index in [1.165, 1.54) is 64.2 Å². The number of ether oxygens (including phenoxy) is 2. The van der Waals surface area contributed by atoms with E-state index < -0.39 is 0 Å². The van der Waals surface area contributed by atoms with Crippen LogP contribution in [0.4, 0.5) is 0 Å². The second-order valence-corrected chi connectivity index (χ2v) is 11.6. The zero-order valence-corrected chi connectivity index (χ0v) is 23.1. The third kappa shape index (κ3) is 17.4. The molecule has 1 saturated carbocycles. The van der Waals surface area contributed by atoms with E-state index in [0.29, 0.717) is 37.9 Å². The molecule has 0 aliphatic heterocycles. The molecule has 0 spiro atoms. The fraction of sp³-hybridized carbons (Fsp3) is 0.933. The Morgan fingerprint density at radius 3 is 1.32 bits per heavy atom. The number of rotatable bonds is 20. The van der Waals surface area contributed by atoms with Crippen molar-refractivity contribution in [3.8, 4) is 0 Å². The van der Waals surface area contributed by atoms with Crippen molar-refractivity contribution in [2.24, 2.45) is 23.7 Å². The van der Waals surface area contributed by atoms with E-state index in [2.05, 4.69) is 27.7 Å². The van der Waals surface area contributed by atoms with Crippen molar-refractivity contribution in [2.45, 2.75) is 143 Å². The number of unbranched alkanes of at least 4 members (excludes halogenated alkanes) is 8. The van der Waals surface area contributed by atoms with Gasteiger partial charge in [0.15, 0.2) is 0 Å². The first-order chi connectivity index (χ1) is 16.4. The highest BCUT2D eigenvalue weighted by Gasteiger charge is 2.27. The van der Waals surface area contributed by atoms with Crippen molar-refractivity contribution in [3.05, 3.63) is 0 Å². The van der Waals surface area contributed by atoms with E-state index in [-0.39, 0.29) is 11.9 Å². The lowest BCUT2D eigenvalue weighted by Gasteiger charge is -2.30. The molecule has 200 valence electrons. The summed E-state index contributed by atoms with van der Waals surface area (Å²) in [5, 5.41) is 0. The third-order valence-electron chi connectivity index (χ3n) is 7.31. The van der Waals surface area contributed by atoms with Crippen LogP contribution in [0.25, 0.3) is 0 Å². The molecule has 0 saturated heterocycles. The third-order valence-corrected chi connectivity index (χ3v) is 7.31. The van der Waals surface area contributed by atoms with Crippen LogP contribution in [0.3, 0.4) is 0 Å². The van der Waals surface area contributed by atoms with Crippen molar-refractivity contribution < 1.29 is 19.1 Å². The minimum atomic E-state index is -0.0584. The zero-order valence-electron chi connectivity index (χ0n) is 23.1. The molecule has 4 heteroatoms. The van der Waals surface area contributed by atoms with Gasteiger partial charge in [0, 0.05) is 12.8 Å². The second-order valence-electron chi connectivity index (χ2n) is 11.6. The Labute approximate surface area is 211 Å². The van der Waals surface area contributed by atoms with Crippen LogP contribution in [-0.4, -0.2) is 25.2 Å². The molecule has 0 aromatic carbocycles. The fourth-order valence-electron chi connectivity index (χ4n) is 4.97. The summed E-state index contributed by atoms with van der Waals surface area (Å²) in [4.78, 5) is 24.3. The average molecular weight is 481 g/mol. The summed E-state index contributed by atoms with van der Waals surface area (Å²) in [5.74, 6) is 2.13. The van der Waals surface area contributed by atoms with E-state index in [1.807, 2.05) is 0 Å². The molecule has 0 radical (unpaired) electrons. The van der Waals surface area contributed by atoms with E-state index in [4.69, 9.17) is 9.47 Å². The number of carbonyl (C=O) groups is 2. The van der Waals surface area contributed by atoms with Gasteiger partial charge in [-0.15, -0.1) is 0 Å². The van der Waals surface area contributed by atoms with Crippen LogP contribution in [0.1, 0.15) is 143 Å². The maximum atomic E-state index is 12.2. The standard InChI is InChI=1S/C30H56O4/c1-25(2)17-11-7-5-9-13-21-29(31)33-23-27-19-15-16-20-28(27)24-34-30(32)22-14-10-6-8-12-18-26(3)4/h25-28H,5-24H2,1-4H3. The highest BCUT2D eigenvalue weighted by atomic mass is 16.5. The summed E-state index contributed by atoms with van der Waals surface area (Å²) in [7, 11) is 0. The summed E-state index contributed by atoms with van der Waals surface area (Å²) in [6.45, 7) is 10.1. The lowest BCUT2D eigenvalue weighted by Crippen LogP contribution is -2.29. The molecule has 2 atom stereocenters. The normalized spacial score (nSPS) is 18.4. The van der Waals surface area contributed by atoms with Crippen LogP contribution < -0.4 is 0 Å². The monoisotopic (exact) mass is 480 g/mol. The summed E-state index contributed by atoms with van der Waals surface area (Å²) < 4.78 is 11.2. The predicted molar refractivity (Wildman–Crippen MR) is 142 cm³/mol. The molecule has 0 amide bonds. The van der Waals surface area contributed by atoms with Crippen molar-refractivity contribution >= 4 is 11.9 Å². The van der Waals surface area contributed by atoms with Crippen molar-refractivity contribution in [1.82, 2.24) is 0 Å². The van der Waals surface area contributed by atoms with Gasteiger partial charge < -0.3 is 9.47 Å². The van der Waals surface area contributed by atoms with Crippen LogP contribution in [0, 0.1) is 23.7 Å². The van der Waals surface area contributed by atoms with Gasteiger partial charge in [0.2, 0.25) is 0 Å². The number of carbonyl (C=O) groups excluding carboxylic acids is 2. The second kappa shape index (κ2) is 20.2. The highest BCUT2D eigenvalue weighted by molar-refractivity contribution is 5.69.